The fourth-order valence-corrected chi connectivity index (χ4v) is 2.09. The van der Waals surface area contributed by atoms with Crippen LogP contribution in [0.1, 0.15) is 31.4 Å². The van der Waals surface area contributed by atoms with Crippen LogP contribution in [0.5, 0.6) is 5.75 Å². The van der Waals surface area contributed by atoms with E-state index in [1.807, 2.05) is 37.3 Å². The third-order valence-electron chi connectivity index (χ3n) is 3.31. The molecule has 2 aromatic rings. The molecular weight excluding hydrogens is 281 g/mol. The fourth-order valence-electron chi connectivity index (χ4n) is 2.09. The highest BCUT2D eigenvalue weighted by Gasteiger charge is 2.09. The molecule has 116 valence electrons. The molecule has 3 nitrogen and oxygen atoms in total. The molecule has 0 aliphatic heterocycles. The Hall–Kier alpha value is -2.36. The second-order valence-electron chi connectivity index (χ2n) is 5.11. The Morgan fingerprint density at radius 1 is 1.14 bits per heavy atom. The van der Waals surface area contributed by atoms with Crippen LogP contribution in [-0.4, -0.2) is 12.5 Å². The zero-order chi connectivity index (χ0) is 15.8. The molecule has 1 amide bonds. The number of para-hydroxylation sites is 1. The Balaban J connectivity index is 1.68. The third-order valence-corrected chi connectivity index (χ3v) is 3.31. The van der Waals surface area contributed by atoms with Crippen LogP contribution in [0.2, 0.25) is 0 Å². The minimum atomic E-state index is -0.277. The van der Waals surface area contributed by atoms with E-state index in [9.17, 15) is 9.18 Å². The summed E-state index contributed by atoms with van der Waals surface area (Å²) in [5.74, 6) is 0.497. The number of carbonyl (C=O) groups is 1. The van der Waals surface area contributed by atoms with Crippen LogP contribution >= 0.6 is 0 Å². The number of carbonyl (C=O) groups excluding carboxylic acids is 1. The number of amides is 1. The summed E-state index contributed by atoms with van der Waals surface area (Å²) in [6, 6.07) is 15.5. The van der Waals surface area contributed by atoms with Crippen molar-refractivity contribution in [2.45, 2.75) is 25.8 Å². The smallest absolute Gasteiger partial charge is 0.220 e. The van der Waals surface area contributed by atoms with Gasteiger partial charge in [-0.1, -0.05) is 30.3 Å². The van der Waals surface area contributed by atoms with Crippen molar-refractivity contribution in [1.82, 2.24) is 5.32 Å². The molecule has 0 heterocycles. The predicted molar refractivity (Wildman–Crippen MR) is 84.1 cm³/mol. The van der Waals surface area contributed by atoms with Gasteiger partial charge in [-0.2, -0.15) is 0 Å². The Morgan fingerprint density at radius 3 is 2.50 bits per heavy atom. The van der Waals surface area contributed by atoms with Gasteiger partial charge in [-0.3, -0.25) is 4.79 Å². The largest absolute Gasteiger partial charge is 0.494 e. The van der Waals surface area contributed by atoms with E-state index in [1.54, 1.807) is 12.1 Å². The lowest BCUT2D eigenvalue weighted by atomic mass is 10.1. The van der Waals surface area contributed by atoms with Gasteiger partial charge in [-0.05, 0) is 43.2 Å². The molecule has 0 unspecified atom stereocenters. The first-order valence-corrected chi connectivity index (χ1v) is 7.38. The molecule has 0 radical (unpaired) electrons. The van der Waals surface area contributed by atoms with Crippen LogP contribution in [0.4, 0.5) is 4.39 Å². The molecule has 2 aromatic carbocycles. The predicted octanol–water partition coefficient (Wildman–Crippen LogP) is 3.86. The molecule has 0 aromatic heterocycles. The first-order chi connectivity index (χ1) is 10.6. The lowest BCUT2D eigenvalue weighted by Crippen LogP contribution is -2.26. The van der Waals surface area contributed by atoms with E-state index in [2.05, 4.69) is 5.32 Å². The molecule has 0 aliphatic rings. The highest BCUT2D eigenvalue weighted by atomic mass is 19.1. The average Bonchev–Trinajstić information content (AvgIpc) is 2.53. The summed E-state index contributed by atoms with van der Waals surface area (Å²) in [5.41, 5.74) is 0.885. The van der Waals surface area contributed by atoms with E-state index in [-0.39, 0.29) is 17.8 Å². The van der Waals surface area contributed by atoms with Crippen LogP contribution in [0.25, 0.3) is 0 Å². The van der Waals surface area contributed by atoms with Gasteiger partial charge < -0.3 is 10.1 Å². The van der Waals surface area contributed by atoms with E-state index < -0.39 is 0 Å². The number of benzene rings is 2. The molecule has 0 saturated heterocycles. The molecule has 2 rings (SSSR count). The van der Waals surface area contributed by atoms with Gasteiger partial charge in [0.05, 0.1) is 12.6 Å². The molecule has 0 bridgehead atoms. The standard InChI is InChI=1S/C18H20FNO2/c1-14(15-9-11-16(19)12-10-15)20-18(21)8-5-13-22-17-6-3-2-4-7-17/h2-4,6-7,9-12,14H,5,8,13H2,1H3,(H,20,21)/t14-/m0/s1. The van der Waals surface area contributed by atoms with E-state index >= 15 is 0 Å². The molecule has 0 saturated carbocycles. The van der Waals surface area contributed by atoms with Crippen LogP contribution in [0.3, 0.4) is 0 Å². The van der Waals surface area contributed by atoms with Crippen molar-refractivity contribution in [1.29, 1.82) is 0 Å². The van der Waals surface area contributed by atoms with Crippen molar-refractivity contribution < 1.29 is 13.9 Å². The molecular formula is C18H20FNO2. The van der Waals surface area contributed by atoms with Crippen molar-refractivity contribution >= 4 is 5.91 Å². The average molecular weight is 301 g/mol. The zero-order valence-electron chi connectivity index (χ0n) is 12.6. The Kier molecular flexibility index (Phi) is 5.95. The van der Waals surface area contributed by atoms with E-state index in [1.165, 1.54) is 12.1 Å². The maximum absolute atomic E-state index is 12.9. The summed E-state index contributed by atoms with van der Waals surface area (Å²) in [5, 5.41) is 2.90. The minimum absolute atomic E-state index is 0.0338. The SMILES string of the molecule is C[C@H](NC(=O)CCCOc1ccccc1)c1ccc(F)cc1. The monoisotopic (exact) mass is 301 g/mol. The van der Waals surface area contributed by atoms with Crippen molar-refractivity contribution in [3.05, 3.63) is 66.0 Å². The van der Waals surface area contributed by atoms with Gasteiger partial charge in [0, 0.05) is 6.42 Å². The van der Waals surface area contributed by atoms with Crippen LogP contribution < -0.4 is 10.1 Å². The summed E-state index contributed by atoms with van der Waals surface area (Å²) in [6.45, 7) is 2.38. The molecule has 1 atom stereocenters. The van der Waals surface area contributed by atoms with Crippen molar-refractivity contribution in [2.75, 3.05) is 6.61 Å². The molecule has 0 fully saturated rings. The minimum Gasteiger partial charge on any atom is -0.494 e. The quantitative estimate of drug-likeness (QED) is 0.789. The van der Waals surface area contributed by atoms with Gasteiger partial charge >= 0.3 is 0 Å². The molecule has 1 N–H and O–H groups in total. The highest BCUT2D eigenvalue weighted by molar-refractivity contribution is 5.76. The summed E-state index contributed by atoms with van der Waals surface area (Å²) >= 11 is 0. The van der Waals surface area contributed by atoms with Crippen molar-refractivity contribution in [3.63, 3.8) is 0 Å². The van der Waals surface area contributed by atoms with Crippen molar-refractivity contribution in [3.8, 4) is 5.75 Å². The van der Waals surface area contributed by atoms with Gasteiger partial charge in [0.25, 0.3) is 0 Å². The molecule has 22 heavy (non-hydrogen) atoms. The van der Waals surface area contributed by atoms with Crippen LogP contribution in [0.15, 0.2) is 54.6 Å². The van der Waals surface area contributed by atoms with E-state index in [4.69, 9.17) is 4.74 Å². The number of ether oxygens (including phenoxy) is 1. The molecule has 4 heteroatoms. The maximum Gasteiger partial charge on any atom is 0.220 e. The lowest BCUT2D eigenvalue weighted by Gasteiger charge is -2.14. The molecule has 0 aliphatic carbocycles. The Bertz CT molecular complexity index is 584. The Labute approximate surface area is 130 Å². The van der Waals surface area contributed by atoms with Gasteiger partial charge in [-0.15, -0.1) is 0 Å². The maximum atomic E-state index is 12.9. The van der Waals surface area contributed by atoms with E-state index in [0.717, 1.165) is 11.3 Å². The van der Waals surface area contributed by atoms with Crippen LogP contribution in [0, 0.1) is 5.82 Å². The first kappa shape index (κ1) is 16.0. The summed E-state index contributed by atoms with van der Waals surface area (Å²) in [6.07, 6.45) is 1.05. The number of rotatable bonds is 7. The van der Waals surface area contributed by atoms with E-state index in [0.29, 0.717) is 19.4 Å². The number of halogens is 1. The third kappa shape index (κ3) is 5.20. The van der Waals surface area contributed by atoms with Gasteiger partial charge in [0.15, 0.2) is 0 Å². The second kappa shape index (κ2) is 8.17. The number of nitrogens with one attached hydrogen (secondary N) is 1. The zero-order valence-corrected chi connectivity index (χ0v) is 12.6. The molecule has 0 spiro atoms. The van der Waals surface area contributed by atoms with Crippen molar-refractivity contribution in [2.24, 2.45) is 0 Å². The summed E-state index contributed by atoms with van der Waals surface area (Å²) in [7, 11) is 0. The summed E-state index contributed by atoms with van der Waals surface area (Å²) < 4.78 is 18.4. The fraction of sp³-hybridized carbons (Fsp3) is 0.278. The van der Waals surface area contributed by atoms with Crippen LogP contribution in [-0.2, 0) is 4.79 Å². The first-order valence-electron chi connectivity index (χ1n) is 7.38. The van der Waals surface area contributed by atoms with Gasteiger partial charge in [0.2, 0.25) is 5.91 Å². The summed E-state index contributed by atoms with van der Waals surface area (Å²) in [4.78, 5) is 11.9. The second-order valence-corrected chi connectivity index (χ2v) is 5.11. The normalized spacial score (nSPS) is 11.7. The Morgan fingerprint density at radius 2 is 1.82 bits per heavy atom. The number of hydrogen-bond donors (Lipinski definition) is 1. The van der Waals surface area contributed by atoms with Gasteiger partial charge in [0.1, 0.15) is 11.6 Å². The highest BCUT2D eigenvalue weighted by Crippen LogP contribution is 2.13. The lowest BCUT2D eigenvalue weighted by molar-refractivity contribution is -0.121. The topological polar surface area (TPSA) is 38.3 Å². The number of hydrogen-bond acceptors (Lipinski definition) is 2. The van der Waals surface area contributed by atoms with Gasteiger partial charge in [-0.25, -0.2) is 4.39 Å².